The van der Waals surface area contributed by atoms with Crippen molar-refractivity contribution in [2.45, 2.75) is 128 Å². The molecule has 0 bridgehead atoms. The van der Waals surface area contributed by atoms with E-state index in [4.69, 9.17) is 14.5 Å². The molecule has 3 N–H and O–H groups in total. The van der Waals surface area contributed by atoms with Gasteiger partial charge in [-0.15, -0.1) is 0 Å². The summed E-state index contributed by atoms with van der Waals surface area (Å²) in [4.78, 5) is 21.4. The molecule has 0 aliphatic carbocycles. The Balaban J connectivity index is 1.89. The molecule has 7 nitrogen and oxygen atoms in total. The van der Waals surface area contributed by atoms with Crippen LogP contribution < -0.4 is 0 Å². The number of carbonyl (C=O) groups is 1. The number of aliphatic hydroxyl groups is 3. The minimum absolute atomic E-state index is 0.0436. The van der Waals surface area contributed by atoms with Gasteiger partial charge >= 0.3 is 5.97 Å². The number of aliphatic hydroxyl groups excluding tert-OH is 3. The third-order valence-electron chi connectivity index (χ3n) is 5.91. The molecule has 0 spiro atoms. The highest BCUT2D eigenvalue weighted by Crippen LogP contribution is 2.20. The maximum Gasteiger partial charge on any atom is 0.342 e. The van der Waals surface area contributed by atoms with E-state index in [9.17, 15) is 20.1 Å². The molecule has 1 heterocycles. The number of carbonyl (C=O) groups excluding carboxylic acids is 1. The summed E-state index contributed by atoms with van der Waals surface area (Å²) >= 11 is 0. The summed E-state index contributed by atoms with van der Waals surface area (Å²) in [5.74, 6) is 0.333. The molecule has 7 heteroatoms. The Kier molecular flexibility index (Phi) is 16.2. The van der Waals surface area contributed by atoms with Crippen molar-refractivity contribution in [1.82, 2.24) is 0 Å². The van der Waals surface area contributed by atoms with Gasteiger partial charge in [0, 0.05) is 6.42 Å². The fourth-order valence-corrected chi connectivity index (χ4v) is 3.89. The van der Waals surface area contributed by atoms with Gasteiger partial charge in [-0.05, 0) is 12.3 Å². The lowest BCUT2D eigenvalue weighted by Crippen LogP contribution is -2.42. The lowest BCUT2D eigenvalue weighted by atomic mass is 10.0. The molecule has 184 valence electrons. The molecule has 1 aliphatic heterocycles. The van der Waals surface area contributed by atoms with Crippen molar-refractivity contribution >= 4 is 5.97 Å². The Hall–Kier alpha value is -0.730. The predicted octanol–water partition coefficient (Wildman–Crippen LogP) is 4.06. The molecule has 4 atom stereocenters. The average Bonchev–Trinajstić information content (AvgIpc) is 3.07. The summed E-state index contributed by atoms with van der Waals surface area (Å²) in [6.07, 6.45) is 12.2. The highest BCUT2D eigenvalue weighted by atomic mass is 17.2. The highest BCUT2D eigenvalue weighted by molar-refractivity contribution is 5.68. The number of unbranched alkanes of at least 4 members (excludes halogenated alkanes) is 11. The van der Waals surface area contributed by atoms with Crippen molar-refractivity contribution in [3.05, 3.63) is 0 Å². The van der Waals surface area contributed by atoms with Gasteiger partial charge in [0.2, 0.25) is 0 Å². The van der Waals surface area contributed by atoms with Crippen LogP contribution in [0.25, 0.3) is 0 Å². The molecule has 1 saturated heterocycles. The summed E-state index contributed by atoms with van der Waals surface area (Å²) in [6.45, 7) is 4.06. The van der Waals surface area contributed by atoms with E-state index in [2.05, 4.69) is 13.8 Å². The predicted molar refractivity (Wildman–Crippen MR) is 119 cm³/mol. The molecule has 1 fully saturated rings. The Morgan fingerprint density at radius 3 is 1.87 bits per heavy atom. The number of ether oxygens (including phenoxy) is 1. The molecular weight excluding hydrogens is 400 g/mol. The van der Waals surface area contributed by atoms with Crippen molar-refractivity contribution in [2.24, 2.45) is 5.92 Å². The topological polar surface area (TPSA) is 105 Å². The molecule has 0 aromatic heterocycles. The first-order valence-corrected chi connectivity index (χ1v) is 12.4. The summed E-state index contributed by atoms with van der Waals surface area (Å²) in [5, 5.41) is 28.6. The van der Waals surface area contributed by atoms with Gasteiger partial charge in [-0.2, -0.15) is 4.89 Å². The summed E-state index contributed by atoms with van der Waals surface area (Å²) < 4.78 is 5.18. The zero-order valence-electron chi connectivity index (χ0n) is 19.7. The van der Waals surface area contributed by atoms with Crippen molar-refractivity contribution in [2.75, 3.05) is 13.2 Å². The second-order valence-corrected chi connectivity index (χ2v) is 9.30. The second-order valence-electron chi connectivity index (χ2n) is 9.30. The van der Waals surface area contributed by atoms with Crippen LogP contribution in [0.4, 0.5) is 0 Å². The van der Waals surface area contributed by atoms with Gasteiger partial charge in [0.15, 0.2) is 6.10 Å². The van der Waals surface area contributed by atoms with Crippen molar-refractivity contribution in [3.8, 4) is 0 Å². The van der Waals surface area contributed by atoms with E-state index in [1.165, 1.54) is 64.2 Å². The maximum atomic E-state index is 11.8. The quantitative estimate of drug-likeness (QED) is 0.156. The van der Waals surface area contributed by atoms with Gasteiger partial charge in [0.1, 0.15) is 18.3 Å². The molecule has 0 unspecified atom stereocenters. The van der Waals surface area contributed by atoms with Crippen LogP contribution in [-0.2, 0) is 19.3 Å². The zero-order valence-corrected chi connectivity index (χ0v) is 19.7. The van der Waals surface area contributed by atoms with Gasteiger partial charge in [0.25, 0.3) is 0 Å². The van der Waals surface area contributed by atoms with E-state index in [0.29, 0.717) is 0 Å². The number of hydrogen-bond donors (Lipinski definition) is 3. The van der Waals surface area contributed by atoms with E-state index < -0.39 is 37.0 Å². The molecule has 0 amide bonds. The first-order valence-electron chi connectivity index (χ1n) is 12.4. The minimum atomic E-state index is -1.18. The fraction of sp³-hybridized carbons (Fsp3) is 0.958. The van der Waals surface area contributed by atoms with Crippen LogP contribution in [0.5, 0.6) is 0 Å². The molecule has 0 radical (unpaired) electrons. The number of hydrogen-bond acceptors (Lipinski definition) is 7. The normalized spacial score (nSPS) is 22.2. The largest absolute Gasteiger partial charge is 0.393 e. The standard InChI is InChI=1S/C24H46O7/c1-19(2)15-13-11-9-7-5-3-4-6-8-10-12-14-16-22(27)31-30-21(17-25)24-23(28)20(26)18-29-24/h19-21,23-26,28H,3-18H2,1-2H3/t20-,21+,23+,24+/m0/s1. The smallest absolute Gasteiger partial charge is 0.342 e. The SMILES string of the molecule is CC(C)CCCCCCCCCCCCCCC(=O)OO[C@H](CO)[C@H]1OC[C@H](O)[C@H]1O. The van der Waals surface area contributed by atoms with Crippen molar-refractivity contribution in [3.63, 3.8) is 0 Å². The van der Waals surface area contributed by atoms with Gasteiger partial charge in [-0.1, -0.05) is 90.9 Å². The lowest BCUT2D eigenvalue weighted by molar-refractivity contribution is -0.320. The van der Waals surface area contributed by atoms with Crippen molar-refractivity contribution in [1.29, 1.82) is 0 Å². The van der Waals surface area contributed by atoms with E-state index in [1.807, 2.05) is 0 Å². The van der Waals surface area contributed by atoms with E-state index in [0.717, 1.165) is 25.2 Å². The van der Waals surface area contributed by atoms with E-state index in [1.54, 1.807) is 0 Å². The van der Waals surface area contributed by atoms with Crippen LogP contribution in [0.1, 0.15) is 104 Å². The Labute approximate surface area is 188 Å². The molecule has 0 aromatic rings. The van der Waals surface area contributed by atoms with Gasteiger partial charge in [-0.3, -0.25) is 4.89 Å². The van der Waals surface area contributed by atoms with Crippen LogP contribution in [0.3, 0.4) is 0 Å². The molecule has 1 aliphatic rings. The Morgan fingerprint density at radius 2 is 1.42 bits per heavy atom. The molecular formula is C24H46O7. The minimum Gasteiger partial charge on any atom is -0.393 e. The first-order chi connectivity index (χ1) is 15.0. The van der Waals surface area contributed by atoms with E-state index >= 15 is 0 Å². The molecule has 1 rings (SSSR count). The van der Waals surface area contributed by atoms with E-state index in [-0.39, 0.29) is 13.0 Å². The van der Waals surface area contributed by atoms with Gasteiger partial charge in [0.05, 0.1) is 13.2 Å². The van der Waals surface area contributed by atoms with Crippen LogP contribution >= 0.6 is 0 Å². The fourth-order valence-electron chi connectivity index (χ4n) is 3.89. The second kappa shape index (κ2) is 17.8. The highest BCUT2D eigenvalue weighted by Gasteiger charge is 2.41. The lowest BCUT2D eigenvalue weighted by Gasteiger charge is -2.22. The maximum absolute atomic E-state index is 11.8. The summed E-state index contributed by atoms with van der Waals surface area (Å²) in [7, 11) is 0. The van der Waals surface area contributed by atoms with Gasteiger partial charge in [-0.25, -0.2) is 4.79 Å². The molecule has 0 saturated carbocycles. The van der Waals surface area contributed by atoms with Crippen LogP contribution in [0, 0.1) is 5.92 Å². The third-order valence-corrected chi connectivity index (χ3v) is 5.91. The van der Waals surface area contributed by atoms with Crippen LogP contribution in [0.15, 0.2) is 0 Å². The van der Waals surface area contributed by atoms with Crippen LogP contribution in [-0.4, -0.2) is 58.9 Å². The summed E-state index contributed by atoms with van der Waals surface area (Å²) in [5.41, 5.74) is 0. The molecule has 31 heavy (non-hydrogen) atoms. The molecule has 0 aromatic carbocycles. The third kappa shape index (κ3) is 13.4. The van der Waals surface area contributed by atoms with Gasteiger partial charge < -0.3 is 20.1 Å². The van der Waals surface area contributed by atoms with Crippen molar-refractivity contribution < 1.29 is 34.6 Å². The summed E-state index contributed by atoms with van der Waals surface area (Å²) in [6, 6.07) is 0. The van der Waals surface area contributed by atoms with Crippen LogP contribution in [0.2, 0.25) is 0 Å². The Bertz CT molecular complexity index is 444. The Morgan fingerprint density at radius 1 is 0.903 bits per heavy atom. The zero-order chi connectivity index (χ0) is 22.9. The first kappa shape index (κ1) is 28.3. The number of rotatable bonds is 19. The monoisotopic (exact) mass is 446 g/mol. The average molecular weight is 447 g/mol.